The zero-order valence-electron chi connectivity index (χ0n) is 31.4. The number of aliphatic hydroxyl groups is 1. The molecule has 0 spiro atoms. The Hall–Kier alpha value is -4.17. The van der Waals surface area contributed by atoms with E-state index < -0.39 is 14.5 Å². The van der Waals surface area contributed by atoms with Crippen molar-refractivity contribution in [2.24, 2.45) is 0 Å². The summed E-state index contributed by atoms with van der Waals surface area (Å²) in [5, 5.41) is 21.4. The van der Waals surface area contributed by atoms with E-state index in [9.17, 15) is 9.50 Å². The Morgan fingerprint density at radius 3 is 2.24 bits per heavy atom. The number of piperazine rings is 1. The Morgan fingerprint density at radius 2 is 1.63 bits per heavy atom. The molecule has 1 N–H and O–H groups in total. The second kappa shape index (κ2) is 15.9. The summed E-state index contributed by atoms with van der Waals surface area (Å²) in [5.74, 6) is 1.47. The van der Waals surface area contributed by atoms with Crippen LogP contribution < -0.4 is 20.2 Å². The first-order valence-corrected chi connectivity index (χ1v) is 21.7. The number of hydrogen-bond acceptors (Lipinski definition) is 9. The van der Waals surface area contributed by atoms with E-state index >= 15 is 0 Å². The number of aromatic nitrogens is 4. The molecule has 0 saturated carbocycles. The lowest BCUT2D eigenvalue weighted by Crippen LogP contribution is -2.68. The maximum absolute atomic E-state index is 13.6. The van der Waals surface area contributed by atoms with Crippen LogP contribution in [0.4, 0.5) is 21.2 Å². The predicted octanol–water partition coefficient (Wildman–Crippen LogP) is 6.95. The largest absolute Gasteiger partial charge is 0.406 e. The summed E-state index contributed by atoms with van der Waals surface area (Å²) >= 11 is 7.81. The molecule has 13 heteroatoms. The van der Waals surface area contributed by atoms with Gasteiger partial charge in [0.05, 0.1) is 29.9 Å². The van der Waals surface area contributed by atoms with Gasteiger partial charge >= 0.3 is 0 Å². The predicted molar refractivity (Wildman–Crippen MR) is 221 cm³/mol. The van der Waals surface area contributed by atoms with Crippen LogP contribution >= 0.6 is 22.9 Å². The van der Waals surface area contributed by atoms with E-state index in [1.165, 1.54) is 33.8 Å². The molecule has 6 aromatic rings. The Balaban J connectivity index is 1.21. The molecule has 3 aromatic heterocycles. The highest BCUT2D eigenvalue weighted by atomic mass is 35.5. The van der Waals surface area contributed by atoms with Gasteiger partial charge in [0, 0.05) is 37.6 Å². The number of fused-ring (bicyclic) bond motifs is 1. The van der Waals surface area contributed by atoms with Crippen LogP contribution in [0, 0.1) is 5.82 Å². The molecule has 1 fully saturated rings. The highest BCUT2D eigenvalue weighted by molar-refractivity contribution is 7.14. The smallest absolute Gasteiger partial charge is 0.261 e. The second-order valence-corrected chi connectivity index (χ2v) is 20.2. The molecule has 0 radical (unpaired) electrons. The number of rotatable bonds is 12. The van der Waals surface area contributed by atoms with E-state index in [4.69, 9.17) is 31.1 Å². The highest BCUT2D eigenvalue weighted by Crippen LogP contribution is 2.38. The van der Waals surface area contributed by atoms with Gasteiger partial charge in [-0.2, -0.15) is 4.52 Å². The maximum atomic E-state index is 13.6. The number of thiazole rings is 1. The molecule has 3 aromatic carbocycles. The van der Waals surface area contributed by atoms with Crippen molar-refractivity contribution in [1.82, 2.24) is 24.5 Å². The number of nitrogens with zero attached hydrogens (tertiary/aromatic N) is 7. The van der Waals surface area contributed by atoms with Gasteiger partial charge in [0.15, 0.2) is 16.6 Å². The quantitative estimate of drug-likeness (QED) is 0.106. The van der Waals surface area contributed by atoms with Crippen LogP contribution in [-0.4, -0.2) is 89.3 Å². The summed E-state index contributed by atoms with van der Waals surface area (Å²) in [7, 11) is -0.856. The van der Waals surface area contributed by atoms with Crippen LogP contribution in [0.1, 0.15) is 33.4 Å². The topological polar surface area (TPSA) is 82.3 Å². The molecular weight excluding hydrogens is 737 g/mol. The van der Waals surface area contributed by atoms with Crippen molar-refractivity contribution in [3.05, 3.63) is 114 Å². The lowest BCUT2D eigenvalue weighted by atomic mass is 10.1. The van der Waals surface area contributed by atoms with E-state index in [0.29, 0.717) is 32.7 Å². The lowest BCUT2D eigenvalue weighted by Gasteiger charge is -2.47. The number of anilines is 3. The van der Waals surface area contributed by atoms with E-state index in [1.54, 1.807) is 12.1 Å². The molecule has 9 nitrogen and oxygen atoms in total. The normalized spacial score (nSPS) is 16.2. The third-order valence-corrected chi connectivity index (χ3v) is 16.6. The fourth-order valence-corrected chi connectivity index (χ4v) is 13.2. The molecule has 0 aliphatic carbocycles. The number of aryl methyl sites for hydroxylation is 1. The number of halogens is 2. The summed E-state index contributed by atoms with van der Waals surface area (Å²) < 4.78 is 22.9. The Morgan fingerprint density at radius 1 is 0.963 bits per heavy atom. The average molecular weight is 784 g/mol. The van der Waals surface area contributed by atoms with Gasteiger partial charge in [-0.05, 0) is 58.2 Å². The molecule has 0 bridgehead atoms. The zero-order chi connectivity index (χ0) is 38.0. The van der Waals surface area contributed by atoms with Gasteiger partial charge in [-0.15, -0.1) is 28.0 Å². The van der Waals surface area contributed by atoms with Gasteiger partial charge < -0.3 is 19.3 Å². The minimum Gasteiger partial charge on any atom is -0.406 e. The first-order valence-electron chi connectivity index (χ1n) is 18.4. The van der Waals surface area contributed by atoms with Gasteiger partial charge in [-0.3, -0.25) is 4.90 Å². The molecule has 4 heterocycles. The third kappa shape index (κ3) is 7.30. The van der Waals surface area contributed by atoms with Crippen molar-refractivity contribution >= 4 is 64.0 Å². The van der Waals surface area contributed by atoms with Crippen LogP contribution in [0.25, 0.3) is 16.9 Å². The number of hydrogen-bond donors (Lipinski definition) is 1. The minimum atomic E-state index is -2.84. The molecule has 1 aliphatic rings. The number of imidazole rings is 1. The van der Waals surface area contributed by atoms with Gasteiger partial charge in [0.2, 0.25) is 0 Å². The molecule has 1 saturated heterocycles. The van der Waals surface area contributed by atoms with Crippen molar-refractivity contribution in [2.45, 2.75) is 51.4 Å². The minimum absolute atomic E-state index is 0.101. The number of aliphatic hydroxyl groups excluding tert-OH is 1. The SMILES string of the molecule is CCc1nc2ccc(N3CCN(C(O)CCl)[C@H](CO[Si](c4ccccc4)(c4ccccc4)C(C)(C)C)C3)nn2c1N(C)c1nc(-c2ccc(F)cc2)cs1. The third-order valence-electron chi connectivity index (χ3n) is 10.4. The van der Waals surface area contributed by atoms with Crippen LogP contribution in [-0.2, 0) is 10.8 Å². The highest BCUT2D eigenvalue weighted by Gasteiger charge is 2.51. The Labute approximate surface area is 326 Å². The molecule has 0 amide bonds. The Kier molecular flexibility index (Phi) is 11.2. The average Bonchev–Trinajstić information content (AvgIpc) is 3.83. The van der Waals surface area contributed by atoms with Crippen molar-refractivity contribution in [3.8, 4) is 11.3 Å². The molecular formula is C41H47ClFN7O2SSi. The van der Waals surface area contributed by atoms with Crippen LogP contribution in [0.2, 0.25) is 5.04 Å². The fourth-order valence-electron chi connectivity index (χ4n) is 7.65. The molecule has 2 atom stereocenters. The number of benzene rings is 3. The molecule has 7 rings (SSSR count). The molecule has 54 heavy (non-hydrogen) atoms. The van der Waals surface area contributed by atoms with Gasteiger partial charge in [0.25, 0.3) is 8.32 Å². The van der Waals surface area contributed by atoms with Crippen molar-refractivity contribution in [2.75, 3.05) is 49.0 Å². The second-order valence-electron chi connectivity index (χ2n) is 14.7. The summed E-state index contributed by atoms with van der Waals surface area (Å²) in [6.07, 6.45) is -0.0956. The monoisotopic (exact) mass is 783 g/mol. The van der Waals surface area contributed by atoms with E-state index in [2.05, 4.69) is 86.0 Å². The fraction of sp³-hybridized carbons (Fsp3) is 0.341. The summed E-state index contributed by atoms with van der Waals surface area (Å²) in [4.78, 5) is 16.2. The first-order chi connectivity index (χ1) is 26.0. The van der Waals surface area contributed by atoms with Crippen LogP contribution in [0.15, 0.2) is 102 Å². The maximum Gasteiger partial charge on any atom is 0.261 e. The van der Waals surface area contributed by atoms with Crippen molar-refractivity contribution in [1.29, 1.82) is 0 Å². The number of alkyl halides is 1. The summed E-state index contributed by atoms with van der Waals surface area (Å²) in [6.45, 7) is 11.1. The standard InChI is InChI=1S/C41H47ClFN7O2SSi/c1-6-34-39(47(5)40-45-35(28-53-40)29-17-19-30(43)20-18-29)50-36(44-34)21-22-37(46-50)48-23-24-49(38(51)25-42)31(26-48)27-52-54(41(2,3)4,32-13-9-7-10-14-32)33-15-11-8-12-16-33/h7-22,28,31,38,51H,6,23-27H2,1-5H3/t31-,38?/m0/s1. The van der Waals surface area contributed by atoms with Crippen LogP contribution in [0.5, 0.6) is 0 Å². The van der Waals surface area contributed by atoms with Gasteiger partial charge in [-0.25, -0.2) is 14.4 Å². The molecule has 282 valence electrons. The van der Waals surface area contributed by atoms with E-state index in [0.717, 1.165) is 39.4 Å². The summed E-state index contributed by atoms with van der Waals surface area (Å²) in [5.41, 5.74) is 3.29. The van der Waals surface area contributed by atoms with Crippen molar-refractivity contribution in [3.63, 3.8) is 0 Å². The molecule has 1 unspecified atom stereocenters. The first kappa shape index (κ1) is 38.1. The van der Waals surface area contributed by atoms with Gasteiger partial charge in [0.1, 0.15) is 17.9 Å². The Bertz CT molecular complexity index is 2120. The van der Waals surface area contributed by atoms with Crippen LogP contribution in [0.3, 0.4) is 0 Å². The van der Waals surface area contributed by atoms with Crippen molar-refractivity contribution < 1.29 is 13.9 Å². The van der Waals surface area contributed by atoms with Gasteiger partial charge in [-0.1, -0.05) is 88.4 Å². The van der Waals surface area contributed by atoms with E-state index in [-0.39, 0.29) is 22.8 Å². The zero-order valence-corrected chi connectivity index (χ0v) is 33.9. The summed E-state index contributed by atoms with van der Waals surface area (Å²) in [6, 6.07) is 31.5. The molecule has 1 aliphatic heterocycles. The lowest BCUT2D eigenvalue weighted by molar-refractivity contribution is -0.0281. The van der Waals surface area contributed by atoms with E-state index in [1.807, 2.05) is 46.1 Å².